The Morgan fingerprint density at radius 1 is 1.23 bits per heavy atom. The fraction of sp³-hybridized carbons (Fsp3) is 0.591. The minimum atomic E-state index is -0.447. The van der Waals surface area contributed by atoms with Gasteiger partial charge in [-0.05, 0) is 36.2 Å². The quantitative estimate of drug-likeness (QED) is 0.795. The van der Waals surface area contributed by atoms with E-state index in [2.05, 4.69) is 36.2 Å². The maximum Gasteiger partial charge on any atom is 0.412 e. The summed E-state index contributed by atoms with van der Waals surface area (Å²) in [6.45, 7) is 7.93. The number of allylic oxidation sites excluding steroid dienone is 1. The summed E-state index contributed by atoms with van der Waals surface area (Å²) in [7, 11) is 0. The monoisotopic (exact) mass is 352 g/mol. The molecule has 4 heteroatoms. The molecule has 4 nitrogen and oxygen atoms in total. The minimum Gasteiger partial charge on any atom is -0.438 e. The number of para-hydroxylation sites is 1. The van der Waals surface area contributed by atoms with Crippen molar-refractivity contribution in [2.75, 3.05) is 25.0 Å². The molecule has 1 saturated heterocycles. The van der Waals surface area contributed by atoms with E-state index in [0.717, 1.165) is 55.6 Å². The molecule has 1 amide bonds. The van der Waals surface area contributed by atoms with Crippen molar-refractivity contribution < 1.29 is 9.53 Å². The average Bonchev–Trinajstić information content (AvgIpc) is 2.63. The second-order valence-electron chi connectivity index (χ2n) is 9.15. The largest absolute Gasteiger partial charge is 0.438 e. The molecule has 2 bridgehead atoms. The van der Waals surface area contributed by atoms with Crippen LogP contribution in [0.25, 0.3) is 0 Å². The molecule has 1 aromatic carbocycles. The highest BCUT2D eigenvalue weighted by atomic mass is 16.6. The topological polar surface area (TPSA) is 41.6 Å². The van der Waals surface area contributed by atoms with E-state index in [1.54, 1.807) is 5.57 Å². The van der Waals surface area contributed by atoms with Gasteiger partial charge in [0.15, 0.2) is 0 Å². The summed E-state index contributed by atoms with van der Waals surface area (Å²) >= 11 is 0. The van der Waals surface area contributed by atoms with E-state index in [9.17, 15) is 4.79 Å². The smallest absolute Gasteiger partial charge is 0.412 e. The molecule has 1 aromatic rings. The molecule has 138 valence electrons. The van der Waals surface area contributed by atoms with Crippen LogP contribution in [0.3, 0.4) is 0 Å². The number of carbonyl (C=O) groups is 1. The highest BCUT2D eigenvalue weighted by molar-refractivity contribution is 5.88. The standard InChI is InChI=1S/C22H28N2O2/c1-21(2)16-8-7-15(18(21)13-16)14-24-11-9-22(10-12-24)17-5-3-4-6-19(17)23-20(25)26-22/h3-7,16,18H,8-14H2,1-2H3,(H,23,25)/t16-,18+/m1/s1. The molecular weight excluding hydrogens is 324 g/mol. The number of hydrogen-bond acceptors (Lipinski definition) is 3. The lowest BCUT2D eigenvalue weighted by Gasteiger charge is -2.57. The van der Waals surface area contributed by atoms with Gasteiger partial charge >= 0.3 is 6.09 Å². The van der Waals surface area contributed by atoms with Crippen LogP contribution in [-0.4, -0.2) is 30.6 Å². The van der Waals surface area contributed by atoms with Crippen molar-refractivity contribution in [3.63, 3.8) is 0 Å². The molecule has 0 unspecified atom stereocenters. The third kappa shape index (κ3) is 2.34. The van der Waals surface area contributed by atoms with Gasteiger partial charge in [-0.15, -0.1) is 0 Å². The number of fused-ring (bicyclic) bond motifs is 3. The molecule has 2 atom stereocenters. The fourth-order valence-electron chi connectivity index (χ4n) is 5.72. The van der Waals surface area contributed by atoms with Gasteiger partial charge < -0.3 is 4.74 Å². The zero-order chi connectivity index (χ0) is 17.9. The molecule has 1 N–H and O–H groups in total. The van der Waals surface area contributed by atoms with Crippen LogP contribution in [0.5, 0.6) is 0 Å². The Hall–Kier alpha value is -1.81. The molecule has 2 aliphatic heterocycles. The summed E-state index contributed by atoms with van der Waals surface area (Å²) in [6, 6.07) is 8.09. The highest BCUT2D eigenvalue weighted by Gasteiger charge is 2.51. The number of nitrogens with one attached hydrogen (secondary N) is 1. The van der Waals surface area contributed by atoms with Crippen LogP contribution >= 0.6 is 0 Å². The number of nitrogens with zero attached hydrogens (tertiary/aromatic N) is 1. The second-order valence-corrected chi connectivity index (χ2v) is 9.15. The summed E-state index contributed by atoms with van der Waals surface area (Å²) in [6.07, 6.45) is 6.59. The molecule has 0 radical (unpaired) electrons. The van der Waals surface area contributed by atoms with Gasteiger partial charge in [-0.2, -0.15) is 0 Å². The summed E-state index contributed by atoms with van der Waals surface area (Å²) in [4.78, 5) is 14.6. The number of benzene rings is 1. The first-order valence-electron chi connectivity index (χ1n) is 9.99. The van der Waals surface area contributed by atoms with E-state index in [1.165, 1.54) is 12.8 Å². The van der Waals surface area contributed by atoms with Gasteiger partial charge in [0.05, 0.1) is 5.69 Å². The highest BCUT2D eigenvalue weighted by Crippen LogP contribution is 2.59. The van der Waals surface area contributed by atoms with Crippen molar-refractivity contribution in [3.05, 3.63) is 41.5 Å². The Labute approximate surface area is 155 Å². The molecular formula is C22H28N2O2. The van der Waals surface area contributed by atoms with Gasteiger partial charge in [0.25, 0.3) is 0 Å². The number of ether oxygens (including phenoxy) is 1. The average molecular weight is 352 g/mol. The predicted octanol–water partition coefficient (Wildman–Crippen LogP) is 4.53. The molecule has 0 aromatic heterocycles. The van der Waals surface area contributed by atoms with Crippen molar-refractivity contribution in [1.29, 1.82) is 0 Å². The molecule has 2 heterocycles. The second kappa shape index (κ2) is 5.59. The van der Waals surface area contributed by atoms with Gasteiger partial charge in [0.1, 0.15) is 5.60 Å². The molecule has 2 fully saturated rings. The van der Waals surface area contributed by atoms with Crippen molar-refractivity contribution in [2.45, 2.75) is 45.1 Å². The summed E-state index contributed by atoms with van der Waals surface area (Å²) in [5, 5.41) is 2.84. The van der Waals surface area contributed by atoms with E-state index in [1.807, 2.05) is 18.2 Å². The first-order chi connectivity index (χ1) is 12.5. The Bertz CT molecular complexity index is 774. The SMILES string of the molecule is CC1(C)[C@@H]2CC=C(CN3CCC4(CC3)OC(=O)Nc3ccccc34)[C@@H]1C2. The van der Waals surface area contributed by atoms with Crippen LogP contribution in [0.1, 0.15) is 45.1 Å². The van der Waals surface area contributed by atoms with Crippen LogP contribution in [0, 0.1) is 17.3 Å². The normalized spacial score (nSPS) is 31.3. The van der Waals surface area contributed by atoms with Crippen LogP contribution in [0.15, 0.2) is 35.9 Å². The third-order valence-corrected chi connectivity index (χ3v) is 7.60. The maximum atomic E-state index is 12.1. The number of rotatable bonds is 2. The van der Waals surface area contributed by atoms with E-state index in [0.29, 0.717) is 5.41 Å². The van der Waals surface area contributed by atoms with E-state index < -0.39 is 5.60 Å². The Morgan fingerprint density at radius 2 is 2.00 bits per heavy atom. The number of carbonyl (C=O) groups excluding carboxylic acids is 1. The lowest BCUT2D eigenvalue weighted by molar-refractivity contribution is -0.0420. The van der Waals surface area contributed by atoms with Crippen LogP contribution in [0.4, 0.5) is 10.5 Å². The number of amides is 1. The van der Waals surface area contributed by atoms with Gasteiger partial charge in [-0.25, -0.2) is 4.79 Å². The van der Waals surface area contributed by atoms with Crippen LogP contribution in [-0.2, 0) is 10.3 Å². The first kappa shape index (κ1) is 16.4. The Kier molecular flexibility index (Phi) is 3.52. The zero-order valence-electron chi connectivity index (χ0n) is 15.8. The van der Waals surface area contributed by atoms with Gasteiger partial charge in [-0.1, -0.05) is 43.7 Å². The molecule has 3 aliphatic carbocycles. The fourth-order valence-corrected chi connectivity index (χ4v) is 5.72. The number of likely N-dealkylation sites (tertiary alicyclic amines) is 1. The van der Waals surface area contributed by atoms with Crippen LogP contribution in [0.2, 0.25) is 0 Å². The summed E-state index contributed by atoms with van der Waals surface area (Å²) in [5.74, 6) is 1.67. The number of anilines is 1. The van der Waals surface area contributed by atoms with Crippen molar-refractivity contribution in [1.82, 2.24) is 4.90 Å². The molecule has 5 aliphatic rings. The summed E-state index contributed by atoms with van der Waals surface area (Å²) in [5.41, 5.74) is 3.74. The molecule has 1 spiro atoms. The number of hydrogen-bond donors (Lipinski definition) is 1. The minimum absolute atomic E-state index is 0.311. The Balaban J connectivity index is 1.30. The molecule has 1 saturated carbocycles. The van der Waals surface area contributed by atoms with E-state index >= 15 is 0 Å². The van der Waals surface area contributed by atoms with Gasteiger partial charge in [0.2, 0.25) is 0 Å². The van der Waals surface area contributed by atoms with Crippen LogP contribution < -0.4 is 5.32 Å². The van der Waals surface area contributed by atoms with E-state index in [-0.39, 0.29) is 6.09 Å². The lowest BCUT2D eigenvalue weighted by atomic mass is 9.49. The lowest BCUT2D eigenvalue weighted by Crippen LogP contribution is -2.52. The number of piperidine rings is 1. The summed E-state index contributed by atoms with van der Waals surface area (Å²) < 4.78 is 5.85. The van der Waals surface area contributed by atoms with Crippen molar-refractivity contribution in [3.8, 4) is 0 Å². The van der Waals surface area contributed by atoms with E-state index in [4.69, 9.17) is 4.74 Å². The predicted molar refractivity (Wildman–Crippen MR) is 102 cm³/mol. The maximum absolute atomic E-state index is 12.1. The molecule has 26 heavy (non-hydrogen) atoms. The first-order valence-corrected chi connectivity index (χ1v) is 9.99. The zero-order valence-corrected chi connectivity index (χ0v) is 15.8. The van der Waals surface area contributed by atoms with Gasteiger partial charge in [-0.3, -0.25) is 10.2 Å². The molecule has 6 rings (SSSR count). The van der Waals surface area contributed by atoms with Gasteiger partial charge in [0, 0.05) is 38.0 Å². The van der Waals surface area contributed by atoms with Crippen molar-refractivity contribution >= 4 is 11.8 Å². The third-order valence-electron chi connectivity index (χ3n) is 7.60. The Morgan fingerprint density at radius 3 is 2.73 bits per heavy atom. The van der Waals surface area contributed by atoms with Crippen molar-refractivity contribution in [2.24, 2.45) is 17.3 Å².